The average molecular weight is 530 g/mol. The Kier molecular flexibility index (Phi) is 9.29. The van der Waals surface area contributed by atoms with Crippen LogP contribution in [0.4, 0.5) is 8.78 Å². The van der Waals surface area contributed by atoms with Crippen LogP contribution in [0, 0.1) is 11.6 Å². The van der Waals surface area contributed by atoms with Crippen molar-refractivity contribution in [2.75, 3.05) is 33.8 Å². The van der Waals surface area contributed by atoms with Crippen LogP contribution < -0.4 is 15.4 Å². The van der Waals surface area contributed by atoms with E-state index in [0.717, 1.165) is 17.7 Å². The lowest BCUT2D eigenvalue weighted by Gasteiger charge is -2.29. The number of guanidine groups is 1. The molecule has 5 nitrogen and oxygen atoms in total. The molecular formula is C22H29F2IN4O. The molecule has 0 spiro atoms. The summed E-state index contributed by atoms with van der Waals surface area (Å²) >= 11 is 0. The number of nitrogens with zero attached hydrogens (tertiary/aromatic N) is 2. The fourth-order valence-corrected chi connectivity index (χ4v) is 3.50. The monoisotopic (exact) mass is 530 g/mol. The number of rotatable bonds is 6. The molecule has 0 amide bonds. The average Bonchev–Trinajstić information content (AvgIpc) is 2.70. The lowest BCUT2D eigenvalue weighted by atomic mass is 10.0. The fraction of sp³-hybridized carbons (Fsp3) is 0.409. The van der Waals surface area contributed by atoms with Crippen LogP contribution in [-0.2, 0) is 0 Å². The molecular weight excluding hydrogens is 501 g/mol. The van der Waals surface area contributed by atoms with Gasteiger partial charge in [-0.2, -0.15) is 0 Å². The molecule has 1 aliphatic rings. The Bertz CT molecular complexity index is 843. The number of halogens is 3. The molecule has 0 radical (unpaired) electrons. The molecule has 0 saturated carbocycles. The summed E-state index contributed by atoms with van der Waals surface area (Å²) in [6.07, 6.45) is 0.806. The smallest absolute Gasteiger partial charge is 0.191 e. The Morgan fingerprint density at radius 3 is 2.53 bits per heavy atom. The molecule has 2 atom stereocenters. The van der Waals surface area contributed by atoms with Crippen molar-refractivity contribution in [3.63, 3.8) is 0 Å². The molecule has 2 aromatic carbocycles. The summed E-state index contributed by atoms with van der Waals surface area (Å²) in [5.74, 6) is 0.356. The third kappa shape index (κ3) is 5.81. The van der Waals surface area contributed by atoms with Gasteiger partial charge in [-0.1, -0.05) is 24.3 Å². The number of aliphatic imine (C=N–C) groups is 1. The molecule has 0 aromatic heterocycles. The number of hydrogen-bond donors (Lipinski definition) is 2. The second kappa shape index (κ2) is 11.5. The minimum absolute atomic E-state index is 0. The van der Waals surface area contributed by atoms with E-state index in [9.17, 15) is 8.78 Å². The van der Waals surface area contributed by atoms with E-state index in [4.69, 9.17) is 4.74 Å². The van der Waals surface area contributed by atoms with E-state index in [-0.39, 0.29) is 42.1 Å². The summed E-state index contributed by atoms with van der Waals surface area (Å²) in [6.45, 7) is 3.49. The maximum Gasteiger partial charge on any atom is 0.191 e. The first-order valence-electron chi connectivity index (χ1n) is 9.88. The molecule has 0 aliphatic carbocycles. The zero-order valence-electron chi connectivity index (χ0n) is 17.5. The van der Waals surface area contributed by atoms with Gasteiger partial charge in [-0.05, 0) is 39.2 Å². The number of para-hydroxylation sites is 1. The molecule has 0 bridgehead atoms. The molecule has 8 heteroatoms. The summed E-state index contributed by atoms with van der Waals surface area (Å²) < 4.78 is 34.3. The molecule has 2 aromatic rings. The van der Waals surface area contributed by atoms with E-state index in [1.54, 1.807) is 19.0 Å². The van der Waals surface area contributed by atoms with Gasteiger partial charge in [-0.25, -0.2) is 8.78 Å². The second-order valence-corrected chi connectivity index (χ2v) is 7.21. The maximum absolute atomic E-state index is 14.3. The highest BCUT2D eigenvalue weighted by Crippen LogP contribution is 2.31. The fourth-order valence-electron chi connectivity index (χ4n) is 3.50. The number of nitrogens with one attached hydrogen (secondary N) is 2. The number of hydrogen-bond acceptors (Lipinski definition) is 3. The van der Waals surface area contributed by atoms with Crippen molar-refractivity contribution in [3.05, 3.63) is 65.2 Å². The van der Waals surface area contributed by atoms with Gasteiger partial charge in [-0.15, -0.1) is 24.0 Å². The number of fused-ring (bicyclic) bond motifs is 1. The molecule has 2 unspecified atom stereocenters. The van der Waals surface area contributed by atoms with E-state index < -0.39 is 17.7 Å². The van der Waals surface area contributed by atoms with E-state index in [1.165, 1.54) is 18.2 Å². The largest absolute Gasteiger partial charge is 0.493 e. The second-order valence-electron chi connectivity index (χ2n) is 7.21. The van der Waals surface area contributed by atoms with E-state index in [0.29, 0.717) is 19.1 Å². The van der Waals surface area contributed by atoms with E-state index in [2.05, 4.69) is 15.6 Å². The summed E-state index contributed by atoms with van der Waals surface area (Å²) in [4.78, 5) is 6.42. The highest BCUT2D eigenvalue weighted by atomic mass is 127. The highest BCUT2D eigenvalue weighted by Gasteiger charge is 2.24. The Labute approximate surface area is 193 Å². The Morgan fingerprint density at radius 1 is 1.17 bits per heavy atom. The van der Waals surface area contributed by atoms with Crippen LogP contribution in [0.5, 0.6) is 5.75 Å². The zero-order chi connectivity index (χ0) is 20.8. The van der Waals surface area contributed by atoms with Crippen LogP contribution in [-0.4, -0.2) is 44.7 Å². The number of benzene rings is 2. The first kappa shape index (κ1) is 24.3. The molecule has 30 heavy (non-hydrogen) atoms. The first-order valence-corrected chi connectivity index (χ1v) is 9.88. The Morgan fingerprint density at radius 2 is 1.87 bits per heavy atom. The minimum Gasteiger partial charge on any atom is -0.493 e. The Balaban J connectivity index is 0.00000320. The number of likely N-dealkylation sites (N-methyl/N-ethyl adjacent to an activating group) is 1. The number of ether oxygens (including phenoxy) is 1. The quantitative estimate of drug-likeness (QED) is 0.333. The predicted molar refractivity (Wildman–Crippen MR) is 127 cm³/mol. The standard InChI is InChI=1S/C22H28F2N4O.HI/c1-4-25-22(27-18-12-13-29-20-11-6-5-8-15(18)20)26-14-19(28(2)3)21-16(23)9-7-10-17(21)24;/h5-11,18-19H,4,12-14H2,1-3H3,(H2,25,26,27);1H. The van der Waals surface area contributed by atoms with Gasteiger partial charge in [0, 0.05) is 24.1 Å². The van der Waals surface area contributed by atoms with Gasteiger partial charge in [-0.3, -0.25) is 4.99 Å². The summed E-state index contributed by atoms with van der Waals surface area (Å²) in [6, 6.07) is 11.4. The van der Waals surface area contributed by atoms with Crippen molar-refractivity contribution in [3.8, 4) is 5.75 Å². The van der Waals surface area contributed by atoms with E-state index in [1.807, 2.05) is 31.2 Å². The van der Waals surface area contributed by atoms with E-state index >= 15 is 0 Å². The van der Waals surface area contributed by atoms with Gasteiger partial charge < -0.3 is 20.3 Å². The van der Waals surface area contributed by atoms with Crippen molar-refractivity contribution in [1.29, 1.82) is 0 Å². The molecule has 3 rings (SSSR count). The van der Waals surface area contributed by atoms with Gasteiger partial charge in [0.05, 0.1) is 25.2 Å². The van der Waals surface area contributed by atoms with Gasteiger partial charge in [0.25, 0.3) is 0 Å². The van der Waals surface area contributed by atoms with Gasteiger partial charge in [0.1, 0.15) is 17.4 Å². The first-order chi connectivity index (χ1) is 14.0. The third-order valence-electron chi connectivity index (χ3n) is 4.99. The van der Waals surface area contributed by atoms with Crippen LogP contribution in [0.2, 0.25) is 0 Å². The van der Waals surface area contributed by atoms with Crippen LogP contribution in [0.3, 0.4) is 0 Å². The van der Waals surface area contributed by atoms with Crippen molar-refractivity contribution < 1.29 is 13.5 Å². The molecule has 0 fully saturated rings. The minimum atomic E-state index is -0.560. The molecule has 0 saturated heterocycles. The summed E-state index contributed by atoms with van der Waals surface area (Å²) in [7, 11) is 3.59. The van der Waals surface area contributed by atoms with Crippen LogP contribution in [0.1, 0.15) is 36.6 Å². The highest BCUT2D eigenvalue weighted by molar-refractivity contribution is 14.0. The van der Waals surface area contributed by atoms with Crippen LogP contribution >= 0.6 is 24.0 Å². The zero-order valence-corrected chi connectivity index (χ0v) is 19.8. The van der Waals surface area contributed by atoms with Crippen molar-refractivity contribution >= 4 is 29.9 Å². The van der Waals surface area contributed by atoms with Crippen LogP contribution in [0.15, 0.2) is 47.5 Å². The lowest BCUT2D eigenvalue weighted by molar-refractivity contribution is 0.261. The van der Waals surface area contributed by atoms with Crippen molar-refractivity contribution in [2.45, 2.75) is 25.4 Å². The Hall–Kier alpha value is -1.94. The van der Waals surface area contributed by atoms with Crippen LogP contribution in [0.25, 0.3) is 0 Å². The molecule has 164 valence electrons. The molecule has 1 aliphatic heterocycles. The maximum atomic E-state index is 14.3. The summed E-state index contributed by atoms with van der Waals surface area (Å²) in [5.41, 5.74) is 1.11. The third-order valence-corrected chi connectivity index (χ3v) is 4.99. The summed E-state index contributed by atoms with van der Waals surface area (Å²) in [5, 5.41) is 6.67. The topological polar surface area (TPSA) is 48.9 Å². The SMILES string of the molecule is CCNC(=NCC(c1c(F)cccc1F)N(C)C)NC1CCOc2ccccc21.I. The normalized spacial score (nSPS) is 16.9. The van der Waals surface area contributed by atoms with Gasteiger partial charge in [0.2, 0.25) is 0 Å². The van der Waals surface area contributed by atoms with Crippen molar-refractivity contribution in [2.24, 2.45) is 4.99 Å². The van der Waals surface area contributed by atoms with Crippen molar-refractivity contribution in [1.82, 2.24) is 15.5 Å². The lowest BCUT2D eigenvalue weighted by Crippen LogP contribution is -2.41. The van der Waals surface area contributed by atoms with Gasteiger partial charge >= 0.3 is 0 Å². The molecule has 1 heterocycles. The van der Waals surface area contributed by atoms with Gasteiger partial charge in [0.15, 0.2) is 5.96 Å². The molecule has 2 N–H and O–H groups in total. The predicted octanol–water partition coefficient (Wildman–Crippen LogP) is 4.26.